The summed E-state index contributed by atoms with van der Waals surface area (Å²) in [4.78, 5) is 13.7. The Hall–Kier alpha value is -3.06. The van der Waals surface area contributed by atoms with Gasteiger partial charge in [-0.2, -0.15) is 0 Å². The van der Waals surface area contributed by atoms with Gasteiger partial charge in [-0.25, -0.2) is 9.18 Å². The van der Waals surface area contributed by atoms with Gasteiger partial charge in [0.1, 0.15) is 5.82 Å². The molecule has 1 heterocycles. The van der Waals surface area contributed by atoms with Crippen LogP contribution in [0.25, 0.3) is 11.1 Å². The summed E-state index contributed by atoms with van der Waals surface area (Å²) in [6.07, 6.45) is 1.99. The normalized spacial score (nSPS) is 17.7. The van der Waals surface area contributed by atoms with Crippen molar-refractivity contribution < 1.29 is 24.1 Å². The highest BCUT2D eigenvalue weighted by atomic mass is 19.1. The van der Waals surface area contributed by atoms with Crippen molar-refractivity contribution in [1.82, 2.24) is 4.90 Å². The first kappa shape index (κ1) is 26.0. The molecule has 1 aliphatic heterocycles. The summed E-state index contributed by atoms with van der Waals surface area (Å²) in [6, 6.07) is 20.3. The second-order valence-corrected chi connectivity index (χ2v) is 9.68. The second kappa shape index (κ2) is 11.8. The summed E-state index contributed by atoms with van der Waals surface area (Å²) < 4.78 is 19.7. The number of benzene rings is 3. The van der Waals surface area contributed by atoms with E-state index in [9.17, 15) is 19.4 Å². The maximum absolute atomic E-state index is 13.6. The van der Waals surface area contributed by atoms with Gasteiger partial charge in [-0.3, -0.25) is 4.90 Å². The summed E-state index contributed by atoms with van der Waals surface area (Å²) in [5.41, 5.74) is 4.88. The van der Waals surface area contributed by atoms with Crippen LogP contribution >= 0.6 is 0 Å². The Labute approximate surface area is 212 Å². The number of β-amino-alcohol motifs (C(OH)–C–C–N with tert-alkyl or cyclic N) is 1. The number of aliphatic hydroxyl groups excluding tert-OH is 1. The average molecular weight is 492 g/mol. The number of hydrogen-bond acceptors (Lipinski definition) is 4. The molecule has 6 heteroatoms. The number of rotatable bonds is 10. The molecule has 1 fully saturated rings. The maximum Gasteiger partial charge on any atom is 0.335 e. The van der Waals surface area contributed by atoms with Crippen molar-refractivity contribution >= 4 is 5.97 Å². The molecule has 1 aliphatic rings. The number of likely N-dealkylation sites (tertiary alicyclic amines) is 1. The highest BCUT2D eigenvalue weighted by molar-refractivity contribution is 5.90. The van der Waals surface area contributed by atoms with Gasteiger partial charge in [0.2, 0.25) is 0 Å². The molecule has 0 bridgehead atoms. The Bertz CT molecular complexity index is 1200. The van der Waals surface area contributed by atoms with E-state index in [-0.39, 0.29) is 24.6 Å². The smallest absolute Gasteiger partial charge is 0.335 e. The van der Waals surface area contributed by atoms with Gasteiger partial charge in [0, 0.05) is 12.6 Å². The van der Waals surface area contributed by atoms with Gasteiger partial charge in [0.25, 0.3) is 0 Å². The molecule has 3 aromatic rings. The van der Waals surface area contributed by atoms with E-state index < -0.39 is 12.1 Å². The van der Waals surface area contributed by atoms with Crippen molar-refractivity contribution in [2.24, 2.45) is 0 Å². The molecule has 0 spiro atoms. The van der Waals surface area contributed by atoms with E-state index in [0.29, 0.717) is 17.7 Å². The quantitative estimate of drug-likeness (QED) is 0.384. The van der Waals surface area contributed by atoms with Crippen molar-refractivity contribution in [2.45, 2.75) is 51.4 Å². The zero-order chi connectivity index (χ0) is 25.7. The summed E-state index contributed by atoms with van der Waals surface area (Å²) >= 11 is 0. The Morgan fingerprint density at radius 3 is 2.69 bits per heavy atom. The van der Waals surface area contributed by atoms with Gasteiger partial charge in [0.05, 0.1) is 24.4 Å². The summed E-state index contributed by atoms with van der Waals surface area (Å²) in [7, 11) is 0. The number of carboxylic acid groups (broad SMARTS) is 1. The monoisotopic (exact) mass is 491 g/mol. The van der Waals surface area contributed by atoms with Crippen molar-refractivity contribution in [3.63, 3.8) is 0 Å². The highest BCUT2D eigenvalue weighted by Crippen LogP contribution is 2.31. The number of halogens is 1. The predicted octanol–water partition coefficient (Wildman–Crippen LogP) is 5.64. The molecular formula is C30H34FNO4. The molecule has 3 atom stereocenters. The minimum Gasteiger partial charge on any atom is -0.478 e. The number of carboxylic acids is 1. The third kappa shape index (κ3) is 6.38. The molecule has 190 valence electrons. The van der Waals surface area contributed by atoms with Gasteiger partial charge in [-0.05, 0) is 85.7 Å². The lowest BCUT2D eigenvalue weighted by atomic mass is 9.94. The first-order valence-corrected chi connectivity index (χ1v) is 12.5. The van der Waals surface area contributed by atoms with E-state index >= 15 is 0 Å². The topological polar surface area (TPSA) is 70.0 Å². The molecule has 0 saturated carbocycles. The lowest BCUT2D eigenvalue weighted by Gasteiger charge is -2.27. The Kier molecular flexibility index (Phi) is 8.52. The third-order valence-electron chi connectivity index (χ3n) is 7.01. The maximum atomic E-state index is 13.6. The van der Waals surface area contributed by atoms with Crippen LogP contribution < -0.4 is 0 Å². The zero-order valence-corrected chi connectivity index (χ0v) is 20.9. The van der Waals surface area contributed by atoms with Gasteiger partial charge < -0.3 is 14.9 Å². The van der Waals surface area contributed by atoms with Crippen molar-refractivity contribution in [1.29, 1.82) is 0 Å². The predicted molar refractivity (Wildman–Crippen MR) is 139 cm³/mol. The minimum atomic E-state index is -0.936. The SMILES string of the molecule is Cc1cc(-c2ccccc2[C@@H](C)OCC(O)CN2CCC[C@H]2Cc2cccc(F)c2)ccc1C(=O)O. The molecule has 1 unspecified atom stereocenters. The number of nitrogens with zero attached hydrogens (tertiary/aromatic N) is 1. The highest BCUT2D eigenvalue weighted by Gasteiger charge is 2.27. The van der Waals surface area contributed by atoms with E-state index in [0.717, 1.165) is 48.1 Å². The third-order valence-corrected chi connectivity index (χ3v) is 7.01. The van der Waals surface area contributed by atoms with Crippen LogP contribution in [0.1, 0.15) is 52.9 Å². The molecule has 0 aromatic heterocycles. The number of hydrogen-bond donors (Lipinski definition) is 2. The largest absolute Gasteiger partial charge is 0.478 e. The number of aliphatic hydroxyl groups is 1. The molecule has 0 aliphatic carbocycles. The lowest BCUT2D eigenvalue weighted by Crippen LogP contribution is -2.39. The van der Waals surface area contributed by atoms with E-state index in [1.54, 1.807) is 25.1 Å². The number of carbonyl (C=O) groups is 1. The second-order valence-electron chi connectivity index (χ2n) is 9.68. The summed E-state index contributed by atoms with van der Waals surface area (Å²) in [5.74, 6) is -1.15. The van der Waals surface area contributed by atoms with Gasteiger partial charge in [-0.15, -0.1) is 0 Å². The average Bonchev–Trinajstić information content (AvgIpc) is 3.28. The summed E-state index contributed by atoms with van der Waals surface area (Å²) in [5, 5.41) is 20.1. The Balaban J connectivity index is 1.37. The van der Waals surface area contributed by atoms with E-state index in [2.05, 4.69) is 4.90 Å². The van der Waals surface area contributed by atoms with Crippen molar-refractivity contribution in [2.75, 3.05) is 19.7 Å². The first-order valence-electron chi connectivity index (χ1n) is 12.5. The van der Waals surface area contributed by atoms with E-state index in [1.807, 2.05) is 49.4 Å². The molecule has 4 rings (SSSR count). The molecule has 1 saturated heterocycles. The van der Waals surface area contributed by atoms with Crippen LogP contribution in [0.2, 0.25) is 0 Å². The standard InChI is InChI=1S/C30H34FNO4/c1-20-15-23(12-13-27(20)30(34)35)29-11-4-3-10-28(29)21(2)36-19-26(33)18-32-14-6-9-25(32)17-22-7-5-8-24(31)16-22/h3-5,7-8,10-13,15-16,21,25-26,33H,6,9,14,17-19H2,1-2H3,(H,34,35)/t21-,25+,26?/m1/s1. The van der Waals surface area contributed by atoms with Crippen LogP contribution in [0.5, 0.6) is 0 Å². The number of aromatic carboxylic acids is 1. The minimum absolute atomic E-state index is 0.204. The van der Waals surface area contributed by atoms with Crippen LogP contribution in [0.4, 0.5) is 4.39 Å². The molecule has 3 aromatic carbocycles. The van der Waals surface area contributed by atoms with E-state index in [1.165, 1.54) is 6.07 Å². The molecular weight excluding hydrogens is 457 g/mol. The Morgan fingerprint density at radius 1 is 1.14 bits per heavy atom. The van der Waals surface area contributed by atoms with Crippen LogP contribution in [-0.4, -0.2) is 52.9 Å². The van der Waals surface area contributed by atoms with Crippen molar-refractivity contribution in [3.8, 4) is 11.1 Å². The molecule has 36 heavy (non-hydrogen) atoms. The number of ether oxygens (including phenoxy) is 1. The van der Waals surface area contributed by atoms with Crippen LogP contribution in [0.15, 0.2) is 66.7 Å². The molecule has 0 amide bonds. The van der Waals surface area contributed by atoms with Gasteiger partial charge in [-0.1, -0.05) is 48.5 Å². The fourth-order valence-corrected chi connectivity index (χ4v) is 5.16. The Morgan fingerprint density at radius 2 is 1.94 bits per heavy atom. The fourth-order valence-electron chi connectivity index (χ4n) is 5.16. The van der Waals surface area contributed by atoms with Gasteiger partial charge >= 0.3 is 5.97 Å². The van der Waals surface area contributed by atoms with Crippen LogP contribution in [0.3, 0.4) is 0 Å². The molecule has 0 radical (unpaired) electrons. The zero-order valence-electron chi connectivity index (χ0n) is 20.9. The summed E-state index contributed by atoms with van der Waals surface area (Å²) in [6.45, 7) is 5.40. The van der Waals surface area contributed by atoms with Crippen molar-refractivity contribution in [3.05, 3.63) is 94.8 Å². The van der Waals surface area contributed by atoms with E-state index in [4.69, 9.17) is 4.74 Å². The van der Waals surface area contributed by atoms with Gasteiger partial charge in [0.15, 0.2) is 0 Å². The molecule has 2 N–H and O–H groups in total. The number of aryl methyl sites for hydroxylation is 1. The molecule has 5 nitrogen and oxygen atoms in total. The fraction of sp³-hybridized carbons (Fsp3) is 0.367. The lowest BCUT2D eigenvalue weighted by molar-refractivity contribution is -0.0169. The van der Waals surface area contributed by atoms with Crippen LogP contribution in [0, 0.1) is 12.7 Å². The van der Waals surface area contributed by atoms with Crippen LogP contribution in [-0.2, 0) is 11.2 Å². The first-order chi connectivity index (χ1) is 17.3.